The molecule has 0 aromatic rings. The van der Waals surface area contributed by atoms with Crippen LogP contribution in [0.15, 0.2) is 0 Å². The van der Waals surface area contributed by atoms with Crippen molar-refractivity contribution in [3.63, 3.8) is 0 Å². The van der Waals surface area contributed by atoms with Gasteiger partial charge in [0.1, 0.15) is 0 Å². The molecule has 15 heavy (non-hydrogen) atoms. The summed E-state index contributed by atoms with van der Waals surface area (Å²) >= 11 is 0. The number of hydrogen-bond acceptors (Lipinski definition) is 3. The Bertz CT molecular complexity index is 124. The average Bonchev–Trinajstić information content (AvgIpc) is 2.20. The Morgan fingerprint density at radius 1 is 1.27 bits per heavy atom. The van der Waals surface area contributed by atoms with Gasteiger partial charge in [-0.25, -0.2) is 0 Å². The van der Waals surface area contributed by atoms with Crippen LogP contribution in [0.1, 0.15) is 46.0 Å². The van der Waals surface area contributed by atoms with Crippen LogP contribution in [-0.2, 0) is 4.74 Å². The van der Waals surface area contributed by atoms with Crippen molar-refractivity contribution >= 4 is 0 Å². The van der Waals surface area contributed by atoms with Crippen molar-refractivity contribution in [1.29, 1.82) is 0 Å². The van der Waals surface area contributed by atoms with Crippen LogP contribution in [0.4, 0.5) is 0 Å². The summed E-state index contributed by atoms with van der Waals surface area (Å²) in [5.41, 5.74) is -0.568. The molecule has 0 aromatic heterocycles. The van der Waals surface area contributed by atoms with Crippen molar-refractivity contribution in [3.05, 3.63) is 0 Å². The van der Waals surface area contributed by atoms with Crippen molar-refractivity contribution in [1.82, 2.24) is 5.32 Å². The maximum atomic E-state index is 10.0. The van der Waals surface area contributed by atoms with Crippen LogP contribution >= 0.6 is 0 Å². The summed E-state index contributed by atoms with van der Waals surface area (Å²) in [6, 6.07) is 0. The molecular weight excluding hydrogens is 190 g/mol. The van der Waals surface area contributed by atoms with Gasteiger partial charge in [-0.15, -0.1) is 0 Å². The first kappa shape index (κ1) is 14.9. The second-order valence-corrected chi connectivity index (χ2v) is 4.48. The summed E-state index contributed by atoms with van der Waals surface area (Å²) < 4.78 is 4.93. The van der Waals surface area contributed by atoms with E-state index in [0.717, 1.165) is 19.4 Å². The summed E-state index contributed by atoms with van der Waals surface area (Å²) in [4.78, 5) is 0. The Labute approximate surface area is 94.2 Å². The van der Waals surface area contributed by atoms with Crippen molar-refractivity contribution in [3.8, 4) is 0 Å². The summed E-state index contributed by atoms with van der Waals surface area (Å²) in [6.45, 7) is 6.26. The lowest BCUT2D eigenvalue weighted by Gasteiger charge is -2.23. The van der Waals surface area contributed by atoms with E-state index < -0.39 is 5.60 Å². The van der Waals surface area contributed by atoms with E-state index in [2.05, 4.69) is 12.2 Å². The third-order valence-electron chi connectivity index (χ3n) is 2.56. The van der Waals surface area contributed by atoms with Gasteiger partial charge < -0.3 is 15.2 Å². The molecule has 0 radical (unpaired) electrons. The lowest BCUT2D eigenvalue weighted by molar-refractivity contribution is 0.0464. The van der Waals surface area contributed by atoms with E-state index in [4.69, 9.17) is 4.74 Å². The van der Waals surface area contributed by atoms with Crippen molar-refractivity contribution in [2.75, 3.05) is 26.8 Å². The highest BCUT2D eigenvalue weighted by atomic mass is 16.5. The van der Waals surface area contributed by atoms with Gasteiger partial charge in [0.05, 0.1) is 12.2 Å². The van der Waals surface area contributed by atoms with E-state index in [1.807, 2.05) is 6.92 Å². The van der Waals surface area contributed by atoms with Crippen LogP contribution in [0.5, 0.6) is 0 Å². The molecule has 0 bridgehead atoms. The fourth-order valence-electron chi connectivity index (χ4n) is 1.55. The van der Waals surface area contributed by atoms with Gasteiger partial charge in [-0.3, -0.25) is 0 Å². The number of methoxy groups -OCH3 is 1. The predicted octanol–water partition coefficient (Wildman–Crippen LogP) is 1.94. The predicted molar refractivity (Wildman–Crippen MR) is 64.1 cm³/mol. The second kappa shape index (κ2) is 9.13. The minimum absolute atomic E-state index is 0.568. The highest BCUT2D eigenvalue weighted by Gasteiger charge is 2.18. The minimum Gasteiger partial charge on any atom is -0.389 e. The van der Waals surface area contributed by atoms with E-state index in [9.17, 15) is 5.11 Å². The monoisotopic (exact) mass is 217 g/mol. The molecule has 0 aliphatic rings. The molecule has 2 N–H and O–H groups in total. The van der Waals surface area contributed by atoms with Gasteiger partial charge in [-0.05, 0) is 13.3 Å². The molecule has 1 atom stereocenters. The van der Waals surface area contributed by atoms with Gasteiger partial charge in [0.25, 0.3) is 0 Å². The first-order valence-corrected chi connectivity index (χ1v) is 6.04. The van der Waals surface area contributed by atoms with Gasteiger partial charge in [-0.2, -0.15) is 0 Å². The molecule has 0 spiro atoms. The number of rotatable bonds is 10. The quantitative estimate of drug-likeness (QED) is 0.550. The number of aliphatic hydroxyl groups is 1. The maximum absolute atomic E-state index is 10.0. The Morgan fingerprint density at radius 3 is 2.60 bits per heavy atom. The summed E-state index contributed by atoms with van der Waals surface area (Å²) in [5, 5.41) is 13.2. The van der Waals surface area contributed by atoms with E-state index in [1.165, 1.54) is 19.3 Å². The normalized spacial score (nSPS) is 15.2. The van der Waals surface area contributed by atoms with Gasteiger partial charge in [0.2, 0.25) is 0 Å². The van der Waals surface area contributed by atoms with E-state index in [1.54, 1.807) is 7.11 Å². The number of nitrogens with one attached hydrogen (secondary N) is 1. The molecular formula is C12H27NO2. The van der Waals surface area contributed by atoms with Crippen molar-refractivity contribution in [2.45, 2.75) is 51.6 Å². The third-order valence-corrected chi connectivity index (χ3v) is 2.56. The Kier molecular flexibility index (Phi) is 9.06. The summed E-state index contributed by atoms with van der Waals surface area (Å²) in [6.07, 6.45) is 5.74. The topological polar surface area (TPSA) is 41.5 Å². The molecule has 0 rings (SSSR count). The molecule has 0 saturated carbocycles. The van der Waals surface area contributed by atoms with Crippen LogP contribution in [-0.4, -0.2) is 37.5 Å². The van der Waals surface area contributed by atoms with Gasteiger partial charge in [0, 0.05) is 20.2 Å². The minimum atomic E-state index is -0.568. The maximum Gasteiger partial charge on any atom is 0.0743 e. The molecule has 0 heterocycles. The van der Waals surface area contributed by atoms with E-state index in [0.29, 0.717) is 13.2 Å². The zero-order valence-corrected chi connectivity index (χ0v) is 10.5. The van der Waals surface area contributed by atoms with E-state index >= 15 is 0 Å². The Balaban J connectivity index is 3.40. The third kappa shape index (κ3) is 10.2. The van der Waals surface area contributed by atoms with Crippen LogP contribution in [0.2, 0.25) is 0 Å². The van der Waals surface area contributed by atoms with Crippen LogP contribution in [0.25, 0.3) is 0 Å². The zero-order chi connectivity index (χ0) is 11.6. The SMILES string of the molecule is CCCCCCC(C)(O)CNCCOC. The highest BCUT2D eigenvalue weighted by Crippen LogP contribution is 2.14. The van der Waals surface area contributed by atoms with Gasteiger partial charge >= 0.3 is 0 Å². The summed E-state index contributed by atoms with van der Waals surface area (Å²) in [7, 11) is 1.69. The fourth-order valence-corrected chi connectivity index (χ4v) is 1.55. The van der Waals surface area contributed by atoms with Crippen molar-refractivity contribution < 1.29 is 9.84 Å². The summed E-state index contributed by atoms with van der Waals surface area (Å²) in [5.74, 6) is 0. The second-order valence-electron chi connectivity index (χ2n) is 4.48. The molecule has 0 amide bonds. The number of hydrogen-bond donors (Lipinski definition) is 2. The molecule has 0 aliphatic heterocycles. The largest absolute Gasteiger partial charge is 0.389 e. The average molecular weight is 217 g/mol. The smallest absolute Gasteiger partial charge is 0.0743 e. The Morgan fingerprint density at radius 2 is 2.00 bits per heavy atom. The van der Waals surface area contributed by atoms with Crippen LogP contribution < -0.4 is 5.32 Å². The van der Waals surface area contributed by atoms with Gasteiger partial charge in [0.15, 0.2) is 0 Å². The molecule has 3 nitrogen and oxygen atoms in total. The van der Waals surface area contributed by atoms with E-state index in [-0.39, 0.29) is 0 Å². The molecule has 0 aromatic carbocycles. The molecule has 92 valence electrons. The molecule has 1 unspecified atom stereocenters. The van der Waals surface area contributed by atoms with Gasteiger partial charge in [-0.1, -0.05) is 32.6 Å². The number of unbranched alkanes of at least 4 members (excludes halogenated alkanes) is 3. The number of ether oxygens (including phenoxy) is 1. The molecule has 0 saturated heterocycles. The standard InChI is InChI=1S/C12H27NO2/c1-4-5-6-7-8-12(2,14)11-13-9-10-15-3/h13-14H,4-11H2,1-3H3. The Hall–Kier alpha value is -0.120. The zero-order valence-electron chi connectivity index (χ0n) is 10.5. The molecule has 3 heteroatoms. The van der Waals surface area contributed by atoms with Crippen LogP contribution in [0, 0.1) is 0 Å². The first-order valence-electron chi connectivity index (χ1n) is 6.04. The highest BCUT2D eigenvalue weighted by molar-refractivity contribution is 4.75. The lowest BCUT2D eigenvalue weighted by atomic mass is 9.98. The van der Waals surface area contributed by atoms with Crippen LogP contribution in [0.3, 0.4) is 0 Å². The molecule has 0 fully saturated rings. The first-order chi connectivity index (χ1) is 7.12. The lowest BCUT2D eigenvalue weighted by Crippen LogP contribution is -2.38. The van der Waals surface area contributed by atoms with Crippen molar-refractivity contribution in [2.24, 2.45) is 0 Å². The molecule has 0 aliphatic carbocycles. The fraction of sp³-hybridized carbons (Fsp3) is 1.00.